The zero-order valence-corrected chi connectivity index (χ0v) is 15.7. The van der Waals surface area contributed by atoms with Gasteiger partial charge in [-0.2, -0.15) is 0 Å². The van der Waals surface area contributed by atoms with Gasteiger partial charge in [0.2, 0.25) is 5.91 Å². The molecule has 7 heteroatoms. The maximum absolute atomic E-state index is 12.3. The molecule has 1 fully saturated rings. The summed E-state index contributed by atoms with van der Waals surface area (Å²) in [6.45, 7) is 11.0. The third-order valence-corrected chi connectivity index (χ3v) is 5.43. The number of nitrogens with one attached hydrogen (secondary N) is 1. The summed E-state index contributed by atoms with van der Waals surface area (Å²) in [5.74, 6) is 0.913. The number of carbonyl (C=O) groups is 1. The van der Waals surface area contributed by atoms with E-state index in [9.17, 15) is 4.79 Å². The van der Waals surface area contributed by atoms with Crippen LogP contribution in [0.2, 0.25) is 0 Å². The van der Waals surface area contributed by atoms with Crippen LogP contribution in [0.25, 0.3) is 0 Å². The number of rotatable bonds is 4. The monoisotopic (exact) mass is 357 g/mol. The molecular formula is C18H23N5OS. The third-order valence-electron chi connectivity index (χ3n) is 4.44. The molecule has 0 saturated carbocycles. The van der Waals surface area contributed by atoms with Crippen LogP contribution in [0.15, 0.2) is 24.5 Å². The Morgan fingerprint density at radius 3 is 2.80 bits per heavy atom. The minimum Gasteiger partial charge on any atom is -0.338 e. The molecule has 1 N–H and O–H groups in total. The van der Waals surface area contributed by atoms with Crippen LogP contribution in [0.4, 0.5) is 10.9 Å². The second-order valence-corrected chi connectivity index (χ2v) is 7.65. The molecule has 1 aliphatic rings. The number of amides is 1. The van der Waals surface area contributed by atoms with Crippen molar-refractivity contribution < 1.29 is 4.79 Å². The standard InChI is InChI=1S/C18H23N5OS/c1-11(2)17(24)23-9-5-6-14(10-23)15-16(20-8-7-19-15)22-18-21-12(3)13(4)25-18/h7-8,14H,1,5-6,9-10H2,2-4H3,(H,20,21,22). The maximum Gasteiger partial charge on any atom is 0.248 e. The molecule has 0 radical (unpaired) electrons. The Bertz CT molecular complexity index is 781. The van der Waals surface area contributed by atoms with Gasteiger partial charge in [0.1, 0.15) is 0 Å². The molecule has 6 nitrogen and oxygen atoms in total. The van der Waals surface area contributed by atoms with E-state index in [1.165, 1.54) is 4.88 Å². The van der Waals surface area contributed by atoms with Gasteiger partial charge in [0.05, 0.1) is 11.4 Å². The lowest BCUT2D eigenvalue weighted by Crippen LogP contribution is -2.39. The van der Waals surface area contributed by atoms with Crippen molar-refractivity contribution in [3.05, 3.63) is 40.8 Å². The molecule has 1 amide bonds. The first kappa shape index (κ1) is 17.5. The molecular weight excluding hydrogens is 334 g/mol. The van der Waals surface area contributed by atoms with Gasteiger partial charge in [-0.05, 0) is 33.6 Å². The van der Waals surface area contributed by atoms with Gasteiger partial charge in [-0.1, -0.05) is 6.58 Å². The van der Waals surface area contributed by atoms with Crippen LogP contribution < -0.4 is 5.32 Å². The Balaban J connectivity index is 1.82. The summed E-state index contributed by atoms with van der Waals surface area (Å²) in [6, 6.07) is 0. The predicted molar refractivity (Wildman–Crippen MR) is 100 cm³/mol. The lowest BCUT2D eigenvalue weighted by molar-refractivity contribution is -0.128. The van der Waals surface area contributed by atoms with Crippen LogP contribution in [0, 0.1) is 13.8 Å². The van der Waals surface area contributed by atoms with Gasteiger partial charge < -0.3 is 10.2 Å². The van der Waals surface area contributed by atoms with Crippen molar-refractivity contribution in [2.24, 2.45) is 0 Å². The first-order valence-electron chi connectivity index (χ1n) is 8.42. The van der Waals surface area contributed by atoms with Crippen molar-refractivity contribution in [2.45, 2.75) is 39.5 Å². The second-order valence-electron chi connectivity index (χ2n) is 6.45. The molecule has 1 unspecified atom stereocenters. The van der Waals surface area contributed by atoms with Gasteiger partial charge >= 0.3 is 0 Å². The Morgan fingerprint density at radius 2 is 2.12 bits per heavy atom. The highest BCUT2D eigenvalue weighted by atomic mass is 32.1. The fraction of sp³-hybridized carbons (Fsp3) is 0.444. The van der Waals surface area contributed by atoms with E-state index in [0.717, 1.165) is 41.7 Å². The van der Waals surface area contributed by atoms with E-state index in [4.69, 9.17) is 0 Å². The van der Waals surface area contributed by atoms with Crippen LogP contribution >= 0.6 is 11.3 Å². The van der Waals surface area contributed by atoms with Crippen LogP contribution in [0.3, 0.4) is 0 Å². The van der Waals surface area contributed by atoms with E-state index in [1.54, 1.807) is 30.7 Å². The summed E-state index contributed by atoms with van der Waals surface area (Å²) >= 11 is 1.61. The van der Waals surface area contributed by atoms with Gasteiger partial charge in [-0.25, -0.2) is 9.97 Å². The van der Waals surface area contributed by atoms with E-state index in [1.807, 2.05) is 11.8 Å². The van der Waals surface area contributed by atoms with Crippen molar-refractivity contribution in [2.75, 3.05) is 18.4 Å². The summed E-state index contributed by atoms with van der Waals surface area (Å²) in [5, 5.41) is 4.13. The number of piperidine rings is 1. The lowest BCUT2D eigenvalue weighted by atomic mass is 9.94. The topological polar surface area (TPSA) is 71.0 Å². The number of aromatic nitrogens is 3. The summed E-state index contributed by atoms with van der Waals surface area (Å²) in [4.78, 5) is 28.9. The minimum absolute atomic E-state index is 0.0225. The van der Waals surface area contributed by atoms with Gasteiger partial charge in [0, 0.05) is 41.9 Å². The van der Waals surface area contributed by atoms with Crippen molar-refractivity contribution >= 4 is 28.2 Å². The third kappa shape index (κ3) is 3.87. The smallest absolute Gasteiger partial charge is 0.248 e. The van der Waals surface area contributed by atoms with Crippen LogP contribution in [-0.2, 0) is 4.79 Å². The van der Waals surface area contributed by atoms with Crippen LogP contribution in [0.5, 0.6) is 0 Å². The fourth-order valence-corrected chi connectivity index (χ4v) is 3.84. The Labute approximate surface area is 152 Å². The minimum atomic E-state index is 0.0225. The SMILES string of the molecule is C=C(C)C(=O)N1CCCC(c2nccnc2Nc2nc(C)c(C)s2)C1. The summed E-state index contributed by atoms with van der Waals surface area (Å²) in [5.41, 5.74) is 2.49. The van der Waals surface area contributed by atoms with E-state index in [0.29, 0.717) is 12.1 Å². The first-order chi connectivity index (χ1) is 12.0. The Kier molecular flexibility index (Phi) is 5.13. The molecule has 3 rings (SSSR count). The number of hydrogen-bond donors (Lipinski definition) is 1. The van der Waals surface area contributed by atoms with Crippen molar-refractivity contribution in [3.63, 3.8) is 0 Å². The molecule has 1 aliphatic heterocycles. The average Bonchev–Trinajstić information content (AvgIpc) is 2.92. The predicted octanol–water partition coefficient (Wildman–Crippen LogP) is 3.58. The molecule has 1 saturated heterocycles. The molecule has 0 spiro atoms. The molecule has 25 heavy (non-hydrogen) atoms. The summed E-state index contributed by atoms with van der Waals surface area (Å²) in [6.07, 6.45) is 5.33. The fourth-order valence-electron chi connectivity index (χ4n) is 3.03. The highest BCUT2D eigenvalue weighted by Crippen LogP contribution is 2.32. The second kappa shape index (κ2) is 7.31. The Morgan fingerprint density at radius 1 is 1.36 bits per heavy atom. The van der Waals surface area contributed by atoms with E-state index >= 15 is 0 Å². The van der Waals surface area contributed by atoms with E-state index in [2.05, 4.69) is 33.8 Å². The largest absolute Gasteiger partial charge is 0.338 e. The molecule has 0 aliphatic carbocycles. The number of nitrogens with zero attached hydrogens (tertiary/aromatic N) is 4. The van der Waals surface area contributed by atoms with Crippen LogP contribution in [-0.4, -0.2) is 38.8 Å². The van der Waals surface area contributed by atoms with Crippen molar-refractivity contribution in [1.82, 2.24) is 19.9 Å². The van der Waals surface area contributed by atoms with Crippen molar-refractivity contribution in [1.29, 1.82) is 0 Å². The number of carbonyl (C=O) groups excluding carboxylic acids is 1. The highest BCUT2D eigenvalue weighted by Gasteiger charge is 2.28. The highest BCUT2D eigenvalue weighted by molar-refractivity contribution is 7.15. The zero-order valence-electron chi connectivity index (χ0n) is 14.9. The molecule has 1 atom stereocenters. The molecule has 132 valence electrons. The van der Waals surface area contributed by atoms with Gasteiger partial charge in [-0.3, -0.25) is 9.78 Å². The zero-order chi connectivity index (χ0) is 18.0. The molecule has 0 bridgehead atoms. The molecule has 3 heterocycles. The number of thiazole rings is 1. The Hall–Kier alpha value is -2.28. The number of likely N-dealkylation sites (tertiary alicyclic amines) is 1. The average molecular weight is 357 g/mol. The number of anilines is 2. The number of aryl methyl sites for hydroxylation is 2. The maximum atomic E-state index is 12.3. The van der Waals surface area contributed by atoms with Crippen molar-refractivity contribution in [3.8, 4) is 0 Å². The molecule has 2 aromatic rings. The van der Waals surface area contributed by atoms with E-state index < -0.39 is 0 Å². The van der Waals surface area contributed by atoms with Gasteiger partial charge in [-0.15, -0.1) is 11.3 Å². The quantitative estimate of drug-likeness (QED) is 0.847. The lowest BCUT2D eigenvalue weighted by Gasteiger charge is -2.33. The van der Waals surface area contributed by atoms with E-state index in [-0.39, 0.29) is 11.8 Å². The summed E-state index contributed by atoms with van der Waals surface area (Å²) < 4.78 is 0. The first-order valence-corrected chi connectivity index (χ1v) is 9.24. The normalized spacial score (nSPS) is 17.4. The molecule has 2 aromatic heterocycles. The number of hydrogen-bond acceptors (Lipinski definition) is 6. The van der Waals surface area contributed by atoms with Crippen LogP contribution in [0.1, 0.15) is 41.9 Å². The summed E-state index contributed by atoms with van der Waals surface area (Å²) in [7, 11) is 0. The van der Waals surface area contributed by atoms with Gasteiger partial charge in [0.15, 0.2) is 10.9 Å². The molecule has 0 aromatic carbocycles. The van der Waals surface area contributed by atoms with Gasteiger partial charge in [0.25, 0.3) is 0 Å².